The number of ketones is 1. The fourth-order valence-corrected chi connectivity index (χ4v) is 5.77. The van der Waals surface area contributed by atoms with Crippen molar-refractivity contribution in [1.82, 2.24) is 9.97 Å². The Bertz CT molecular complexity index is 1160. The Kier molecular flexibility index (Phi) is 5.55. The lowest BCUT2D eigenvalue weighted by atomic mass is 9.78. The van der Waals surface area contributed by atoms with Gasteiger partial charge in [-0.05, 0) is 35.4 Å². The summed E-state index contributed by atoms with van der Waals surface area (Å²) in [5.74, 6) is -0.120. The van der Waals surface area contributed by atoms with Gasteiger partial charge >= 0.3 is 0 Å². The molecule has 0 amide bonds. The summed E-state index contributed by atoms with van der Waals surface area (Å²) in [6.45, 7) is 6.24. The van der Waals surface area contributed by atoms with Crippen LogP contribution in [0.5, 0.6) is 0 Å². The Hall–Kier alpha value is -2.64. The number of carbonyl (C=O) groups is 1. The van der Waals surface area contributed by atoms with Gasteiger partial charge in [-0.3, -0.25) is 9.78 Å². The summed E-state index contributed by atoms with van der Waals surface area (Å²) in [4.78, 5) is 24.5. The number of halogens is 1. The zero-order valence-electron chi connectivity index (χ0n) is 18.3. The number of thiazole rings is 1. The number of hydrogen-bond acceptors (Lipinski definition) is 6. The van der Waals surface area contributed by atoms with E-state index < -0.39 is 0 Å². The third kappa shape index (κ3) is 4.19. The highest BCUT2D eigenvalue weighted by molar-refractivity contribution is 7.17. The maximum absolute atomic E-state index is 14.2. The second-order valence-electron chi connectivity index (χ2n) is 9.40. The van der Waals surface area contributed by atoms with Crippen LogP contribution >= 0.6 is 11.3 Å². The summed E-state index contributed by atoms with van der Waals surface area (Å²) in [6, 6.07) is 9.78. The van der Waals surface area contributed by atoms with Crippen LogP contribution in [0.25, 0.3) is 11.1 Å². The Morgan fingerprint density at radius 3 is 3.00 bits per heavy atom. The summed E-state index contributed by atoms with van der Waals surface area (Å²) in [5.41, 5.74) is 3.39. The number of Topliss-reactive ketones (excluding diaryl/α,β-unsaturated/α-hetero) is 1. The average Bonchev–Trinajstić information content (AvgIpc) is 3.18. The van der Waals surface area contributed by atoms with E-state index in [-0.39, 0.29) is 23.1 Å². The number of pyridine rings is 1. The van der Waals surface area contributed by atoms with Crippen molar-refractivity contribution in [2.45, 2.75) is 39.2 Å². The lowest BCUT2D eigenvalue weighted by Gasteiger charge is -2.35. The van der Waals surface area contributed by atoms with Crippen LogP contribution in [0.4, 0.5) is 9.52 Å². The molecule has 166 valence electrons. The first-order valence-electron chi connectivity index (χ1n) is 11.0. The maximum atomic E-state index is 14.2. The highest BCUT2D eigenvalue weighted by atomic mass is 32.1. The molecule has 2 aromatic heterocycles. The monoisotopic (exact) mass is 451 g/mol. The number of anilines is 1. The van der Waals surface area contributed by atoms with Crippen LogP contribution in [0.3, 0.4) is 0 Å². The molecule has 1 fully saturated rings. The van der Waals surface area contributed by atoms with Gasteiger partial charge in [0, 0.05) is 24.7 Å². The standard InChI is InChI=1S/C25H26FN3O2S/c1-25(2)12-21-23(22(30)13-25)32-24(28-21)29-8-9-31-15-18(29)11-16-4-3-5-17(10-16)19-6-7-27-14-20(19)26/h3-7,10,14,18H,8-9,11-13,15H2,1-2H3/t18-/m0/s1. The van der Waals surface area contributed by atoms with Crippen molar-refractivity contribution in [3.63, 3.8) is 0 Å². The number of nitrogens with zero attached hydrogens (tertiary/aromatic N) is 3. The van der Waals surface area contributed by atoms with Gasteiger partial charge in [0.25, 0.3) is 0 Å². The molecule has 0 spiro atoms. The van der Waals surface area contributed by atoms with Crippen LogP contribution in [0, 0.1) is 11.2 Å². The molecule has 0 bridgehead atoms. The topological polar surface area (TPSA) is 55.3 Å². The number of aromatic nitrogens is 2. The van der Waals surface area contributed by atoms with Crippen molar-refractivity contribution in [2.75, 3.05) is 24.7 Å². The number of benzene rings is 1. The summed E-state index contributed by atoms with van der Waals surface area (Å²) in [7, 11) is 0. The second-order valence-corrected chi connectivity index (χ2v) is 10.4. The molecule has 32 heavy (non-hydrogen) atoms. The van der Waals surface area contributed by atoms with Crippen molar-refractivity contribution < 1.29 is 13.9 Å². The third-order valence-corrected chi connectivity index (χ3v) is 7.36. The molecule has 3 heterocycles. The minimum Gasteiger partial charge on any atom is -0.377 e. The highest BCUT2D eigenvalue weighted by Gasteiger charge is 2.36. The van der Waals surface area contributed by atoms with E-state index in [0.29, 0.717) is 25.2 Å². The molecule has 7 heteroatoms. The smallest absolute Gasteiger partial charge is 0.186 e. The van der Waals surface area contributed by atoms with Crippen molar-refractivity contribution in [3.05, 3.63) is 64.7 Å². The van der Waals surface area contributed by atoms with Gasteiger partial charge in [0.2, 0.25) is 0 Å². The van der Waals surface area contributed by atoms with Gasteiger partial charge in [0.15, 0.2) is 10.9 Å². The molecule has 0 radical (unpaired) electrons. The van der Waals surface area contributed by atoms with E-state index in [1.807, 2.05) is 18.2 Å². The second kappa shape index (κ2) is 8.37. The normalized spacial score (nSPS) is 20.3. The zero-order valence-corrected chi connectivity index (χ0v) is 19.1. The lowest BCUT2D eigenvalue weighted by Crippen LogP contribution is -2.46. The molecule has 1 saturated heterocycles. The molecule has 1 aromatic carbocycles. The Labute approximate surface area is 191 Å². The van der Waals surface area contributed by atoms with E-state index in [2.05, 4.69) is 29.8 Å². The number of fused-ring (bicyclic) bond motifs is 1. The Balaban J connectivity index is 1.41. The first-order valence-corrected chi connectivity index (χ1v) is 11.8. The first-order chi connectivity index (χ1) is 15.4. The largest absolute Gasteiger partial charge is 0.377 e. The van der Waals surface area contributed by atoms with Gasteiger partial charge in [0.1, 0.15) is 5.82 Å². The molecule has 2 aliphatic rings. The summed E-state index contributed by atoms with van der Waals surface area (Å²) >= 11 is 1.52. The predicted molar refractivity (Wildman–Crippen MR) is 124 cm³/mol. The predicted octanol–water partition coefficient (Wildman–Crippen LogP) is 4.95. The van der Waals surface area contributed by atoms with Crippen molar-refractivity contribution >= 4 is 22.3 Å². The molecule has 5 nitrogen and oxygen atoms in total. The fourth-order valence-electron chi connectivity index (χ4n) is 4.65. The van der Waals surface area contributed by atoms with Crippen molar-refractivity contribution in [3.8, 4) is 11.1 Å². The third-order valence-electron chi connectivity index (χ3n) is 6.18. The maximum Gasteiger partial charge on any atom is 0.186 e. The molecule has 5 rings (SSSR count). The van der Waals surface area contributed by atoms with Crippen LogP contribution in [0.1, 0.15) is 41.2 Å². The van der Waals surface area contributed by atoms with E-state index >= 15 is 0 Å². The number of rotatable bonds is 4. The number of carbonyl (C=O) groups excluding carboxylic acids is 1. The molecule has 1 atom stereocenters. The average molecular weight is 452 g/mol. The van der Waals surface area contributed by atoms with Crippen LogP contribution in [-0.4, -0.2) is 41.6 Å². The molecule has 0 saturated carbocycles. The fraction of sp³-hybridized carbons (Fsp3) is 0.400. The molecule has 0 unspecified atom stereocenters. The van der Waals surface area contributed by atoms with Gasteiger partial charge in [-0.2, -0.15) is 0 Å². The highest BCUT2D eigenvalue weighted by Crippen LogP contribution is 2.40. The Morgan fingerprint density at radius 2 is 2.16 bits per heavy atom. The van der Waals surface area contributed by atoms with Crippen LogP contribution in [0.15, 0.2) is 42.7 Å². The summed E-state index contributed by atoms with van der Waals surface area (Å²) in [5, 5.41) is 0.908. The van der Waals surface area contributed by atoms with Gasteiger partial charge in [-0.1, -0.05) is 49.4 Å². The number of ether oxygens (including phenoxy) is 1. The molecular formula is C25H26FN3O2S. The summed E-state index contributed by atoms with van der Waals surface area (Å²) < 4.78 is 20.0. The van der Waals surface area contributed by atoms with Gasteiger partial charge in [-0.25, -0.2) is 9.37 Å². The number of hydrogen-bond donors (Lipinski definition) is 0. The van der Waals surface area contributed by atoms with Crippen molar-refractivity contribution in [1.29, 1.82) is 0 Å². The SMILES string of the molecule is CC1(C)CC(=O)c2sc(N3CCOC[C@@H]3Cc3cccc(-c4ccncc4F)c3)nc2C1. The van der Waals surface area contributed by atoms with E-state index in [1.54, 1.807) is 12.3 Å². The minimum absolute atomic E-state index is 0.0392. The van der Waals surface area contributed by atoms with E-state index in [9.17, 15) is 9.18 Å². The van der Waals surface area contributed by atoms with Crippen molar-refractivity contribution in [2.24, 2.45) is 5.41 Å². The van der Waals surface area contributed by atoms with E-state index in [0.717, 1.165) is 46.2 Å². The molecule has 1 aliphatic carbocycles. The van der Waals surface area contributed by atoms with E-state index in [4.69, 9.17) is 9.72 Å². The lowest BCUT2D eigenvalue weighted by molar-refractivity contribution is 0.0915. The minimum atomic E-state index is -0.326. The van der Waals surface area contributed by atoms with Crippen LogP contribution in [0.2, 0.25) is 0 Å². The van der Waals surface area contributed by atoms with Gasteiger partial charge in [-0.15, -0.1) is 0 Å². The Morgan fingerprint density at radius 1 is 1.28 bits per heavy atom. The van der Waals surface area contributed by atoms with Crippen LogP contribution in [-0.2, 0) is 17.6 Å². The van der Waals surface area contributed by atoms with Gasteiger partial charge < -0.3 is 9.64 Å². The molecule has 1 aliphatic heterocycles. The first kappa shape index (κ1) is 21.2. The quantitative estimate of drug-likeness (QED) is 0.562. The number of morpholine rings is 1. The molecule has 3 aromatic rings. The molecular weight excluding hydrogens is 425 g/mol. The zero-order chi connectivity index (χ0) is 22.3. The van der Waals surface area contributed by atoms with Gasteiger partial charge in [0.05, 0.1) is 36.0 Å². The van der Waals surface area contributed by atoms with Crippen LogP contribution < -0.4 is 4.90 Å². The van der Waals surface area contributed by atoms with E-state index in [1.165, 1.54) is 17.5 Å². The summed E-state index contributed by atoms with van der Waals surface area (Å²) in [6.07, 6.45) is 5.01. The molecule has 0 N–H and O–H groups in total.